The third kappa shape index (κ3) is 2.82. The van der Waals surface area contributed by atoms with Crippen molar-refractivity contribution >= 4 is 22.4 Å². The number of aliphatic hydroxyl groups is 1. The summed E-state index contributed by atoms with van der Waals surface area (Å²) in [6, 6.07) is 7.25. The Morgan fingerprint density at radius 1 is 1.47 bits per heavy atom. The first-order valence-electron chi connectivity index (χ1n) is 6.11. The zero-order valence-electron chi connectivity index (χ0n) is 11.0. The number of anilines is 1. The standard InChI is InChI=1S/C14H17N3O2/c1-8-6-11-10(4-3-5-12(11)15)13(17-8)14(19)16-7-9(2)18/h3-6,9,18H,7,15H2,1-2H3,(H,16,19). The molecule has 0 spiro atoms. The average Bonchev–Trinajstić information content (AvgIpc) is 2.36. The number of benzene rings is 1. The smallest absolute Gasteiger partial charge is 0.270 e. The third-order valence-electron chi connectivity index (χ3n) is 2.81. The molecule has 2 rings (SSSR count). The summed E-state index contributed by atoms with van der Waals surface area (Å²) in [5.74, 6) is -0.305. The Bertz CT molecular complexity index is 623. The SMILES string of the molecule is Cc1cc2c(N)cccc2c(C(=O)NCC(C)O)n1. The first kappa shape index (κ1) is 13.3. The summed E-state index contributed by atoms with van der Waals surface area (Å²) in [5, 5.41) is 13.4. The van der Waals surface area contributed by atoms with Crippen molar-refractivity contribution in [2.45, 2.75) is 20.0 Å². The van der Waals surface area contributed by atoms with Crippen molar-refractivity contribution in [1.29, 1.82) is 0 Å². The van der Waals surface area contributed by atoms with Gasteiger partial charge in [0.05, 0.1) is 6.10 Å². The summed E-state index contributed by atoms with van der Waals surface area (Å²) in [6.07, 6.45) is -0.593. The van der Waals surface area contributed by atoms with Crippen LogP contribution in [0.5, 0.6) is 0 Å². The molecular formula is C14H17N3O2. The van der Waals surface area contributed by atoms with Crippen molar-refractivity contribution in [3.63, 3.8) is 0 Å². The fourth-order valence-electron chi connectivity index (χ4n) is 1.93. The van der Waals surface area contributed by atoms with Gasteiger partial charge in [0.1, 0.15) is 5.69 Å². The lowest BCUT2D eigenvalue weighted by Gasteiger charge is -2.10. The summed E-state index contributed by atoms with van der Waals surface area (Å²) in [4.78, 5) is 16.4. The molecule has 1 unspecified atom stereocenters. The molecule has 2 aromatic rings. The second-order valence-corrected chi connectivity index (χ2v) is 4.61. The molecule has 0 radical (unpaired) electrons. The van der Waals surface area contributed by atoms with Crippen molar-refractivity contribution < 1.29 is 9.90 Å². The monoisotopic (exact) mass is 259 g/mol. The quantitative estimate of drug-likeness (QED) is 0.723. The van der Waals surface area contributed by atoms with Gasteiger partial charge in [-0.05, 0) is 26.0 Å². The summed E-state index contributed by atoms with van der Waals surface area (Å²) < 4.78 is 0. The summed E-state index contributed by atoms with van der Waals surface area (Å²) in [6.45, 7) is 3.62. The molecule has 0 saturated heterocycles. The van der Waals surface area contributed by atoms with E-state index in [0.717, 1.165) is 11.1 Å². The second-order valence-electron chi connectivity index (χ2n) is 4.61. The molecule has 5 heteroatoms. The largest absolute Gasteiger partial charge is 0.398 e. The predicted octanol–water partition coefficient (Wildman–Crippen LogP) is 1.24. The van der Waals surface area contributed by atoms with E-state index in [4.69, 9.17) is 5.73 Å². The number of amides is 1. The molecule has 1 heterocycles. The van der Waals surface area contributed by atoms with Crippen LogP contribution in [0.4, 0.5) is 5.69 Å². The number of nitrogen functional groups attached to an aromatic ring is 1. The van der Waals surface area contributed by atoms with E-state index in [1.165, 1.54) is 0 Å². The molecule has 100 valence electrons. The molecule has 0 bridgehead atoms. The van der Waals surface area contributed by atoms with Crippen molar-refractivity contribution in [2.75, 3.05) is 12.3 Å². The molecule has 1 atom stereocenters. The van der Waals surface area contributed by atoms with Gasteiger partial charge in [0.15, 0.2) is 0 Å². The highest BCUT2D eigenvalue weighted by Gasteiger charge is 2.14. The van der Waals surface area contributed by atoms with E-state index >= 15 is 0 Å². The molecule has 0 aliphatic heterocycles. The number of aryl methyl sites for hydroxylation is 1. The van der Waals surface area contributed by atoms with Crippen LogP contribution in [0.15, 0.2) is 24.3 Å². The topological polar surface area (TPSA) is 88.2 Å². The lowest BCUT2D eigenvalue weighted by Crippen LogP contribution is -2.31. The van der Waals surface area contributed by atoms with Gasteiger partial charge in [0.2, 0.25) is 0 Å². The molecule has 1 aromatic carbocycles. The van der Waals surface area contributed by atoms with Crippen LogP contribution in [-0.4, -0.2) is 28.6 Å². The minimum absolute atomic E-state index is 0.193. The van der Waals surface area contributed by atoms with E-state index in [1.54, 1.807) is 19.1 Å². The predicted molar refractivity (Wildman–Crippen MR) is 74.9 cm³/mol. The van der Waals surface area contributed by atoms with Crippen molar-refractivity contribution in [1.82, 2.24) is 10.3 Å². The van der Waals surface area contributed by atoms with Gasteiger partial charge in [-0.1, -0.05) is 12.1 Å². The number of carbonyl (C=O) groups excluding carboxylic acids is 1. The normalized spacial score (nSPS) is 12.4. The molecule has 0 aliphatic carbocycles. The second kappa shape index (κ2) is 5.24. The highest BCUT2D eigenvalue weighted by atomic mass is 16.3. The maximum Gasteiger partial charge on any atom is 0.270 e. The Balaban J connectivity index is 2.48. The van der Waals surface area contributed by atoms with E-state index in [9.17, 15) is 9.90 Å². The van der Waals surface area contributed by atoms with Crippen LogP contribution >= 0.6 is 0 Å². The number of nitrogens with zero attached hydrogens (tertiary/aromatic N) is 1. The Hall–Kier alpha value is -2.14. The van der Waals surface area contributed by atoms with Gasteiger partial charge in [0.25, 0.3) is 5.91 Å². The number of hydrogen-bond donors (Lipinski definition) is 3. The van der Waals surface area contributed by atoms with E-state index in [-0.39, 0.29) is 12.5 Å². The lowest BCUT2D eigenvalue weighted by molar-refractivity contribution is 0.0921. The van der Waals surface area contributed by atoms with Crippen LogP contribution in [-0.2, 0) is 0 Å². The molecule has 5 nitrogen and oxygen atoms in total. The van der Waals surface area contributed by atoms with Gasteiger partial charge < -0.3 is 16.2 Å². The molecule has 0 saturated carbocycles. The van der Waals surface area contributed by atoms with E-state index in [1.807, 2.05) is 19.1 Å². The molecular weight excluding hydrogens is 242 g/mol. The number of hydrogen-bond acceptors (Lipinski definition) is 4. The molecule has 4 N–H and O–H groups in total. The van der Waals surface area contributed by atoms with Crippen LogP contribution in [0.25, 0.3) is 10.8 Å². The minimum Gasteiger partial charge on any atom is -0.398 e. The van der Waals surface area contributed by atoms with Crippen LogP contribution in [0, 0.1) is 6.92 Å². The van der Waals surface area contributed by atoms with Gasteiger partial charge in [-0.25, -0.2) is 4.98 Å². The maximum absolute atomic E-state index is 12.1. The zero-order valence-corrected chi connectivity index (χ0v) is 11.0. The summed E-state index contributed by atoms with van der Waals surface area (Å²) in [5.41, 5.74) is 7.60. The van der Waals surface area contributed by atoms with Crippen LogP contribution < -0.4 is 11.1 Å². The number of pyridine rings is 1. The first-order chi connectivity index (χ1) is 8.99. The van der Waals surface area contributed by atoms with Crippen LogP contribution in [0.1, 0.15) is 23.1 Å². The Labute approximate surface area is 111 Å². The van der Waals surface area contributed by atoms with Crippen molar-refractivity contribution in [3.05, 3.63) is 35.7 Å². The van der Waals surface area contributed by atoms with Gasteiger partial charge in [-0.2, -0.15) is 0 Å². The molecule has 0 fully saturated rings. The molecule has 1 aromatic heterocycles. The molecule has 19 heavy (non-hydrogen) atoms. The number of aliphatic hydroxyl groups excluding tert-OH is 1. The van der Waals surface area contributed by atoms with Gasteiger partial charge in [-0.15, -0.1) is 0 Å². The maximum atomic E-state index is 12.1. The van der Waals surface area contributed by atoms with Crippen LogP contribution in [0.2, 0.25) is 0 Å². The Kier molecular flexibility index (Phi) is 3.66. The fraction of sp³-hybridized carbons (Fsp3) is 0.286. The van der Waals surface area contributed by atoms with Gasteiger partial charge in [-0.3, -0.25) is 4.79 Å². The zero-order chi connectivity index (χ0) is 14.0. The molecule has 0 aliphatic rings. The van der Waals surface area contributed by atoms with E-state index in [2.05, 4.69) is 10.3 Å². The first-order valence-corrected chi connectivity index (χ1v) is 6.11. The Morgan fingerprint density at radius 3 is 2.89 bits per heavy atom. The van der Waals surface area contributed by atoms with Crippen molar-refractivity contribution in [3.8, 4) is 0 Å². The minimum atomic E-state index is -0.593. The van der Waals surface area contributed by atoms with Crippen LogP contribution in [0.3, 0.4) is 0 Å². The summed E-state index contributed by atoms with van der Waals surface area (Å²) in [7, 11) is 0. The average molecular weight is 259 g/mol. The number of nitrogens with two attached hydrogens (primary N) is 1. The highest BCUT2D eigenvalue weighted by molar-refractivity contribution is 6.08. The lowest BCUT2D eigenvalue weighted by atomic mass is 10.1. The van der Waals surface area contributed by atoms with Gasteiger partial charge in [0, 0.05) is 28.7 Å². The van der Waals surface area contributed by atoms with Gasteiger partial charge >= 0.3 is 0 Å². The van der Waals surface area contributed by atoms with E-state index < -0.39 is 6.10 Å². The number of nitrogens with one attached hydrogen (secondary N) is 1. The number of fused-ring (bicyclic) bond motifs is 1. The summed E-state index contributed by atoms with van der Waals surface area (Å²) >= 11 is 0. The third-order valence-corrected chi connectivity index (χ3v) is 2.81. The van der Waals surface area contributed by atoms with Crippen molar-refractivity contribution in [2.24, 2.45) is 0 Å². The number of carbonyl (C=O) groups is 1. The Morgan fingerprint density at radius 2 is 2.21 bits per heavy atom. The number of rotatable bonds is 3. The highest BCUT2D eigenvalue weighted by Crippen LogP contribution is 2.23. The fourth-order valence-corrected chi connectivity index (χ4v) is 1.93. The number of aromatic nitrogens is 1. The van der Waals surface area contributed by atoms with E-state index in [0.29, 0.717) is 16.8 Å². The molecule has 1 amide bonds.